The van der Waals surface area contributed by atoms with Crippen LogP contribution in [0.25, 0.3) is 11.0 Å². The number of imidazole rings is 1. The Hall–Kier alpha value is -1.49. The SMILES string of the molecule is Cn1cnc2cc(SCCC(=O)O)ccc21. The van der Waals surface area contributed by atoms with E-state index in [9.17, 15) is 4.79 Å². The molecule has 0 unspecified atom stereocenters. The molecule has 84 valence electrons. The van der Waals surface area contributed by atoms with Crippen LogP contribution in [0.5, 0.6) is 0 Å². The third-order valence-corrected chi connectivity index (χ3v) is 3.28. The van der Waals surface area contributed by atoms with Crippen LogP contribution in [0.2, 0.25) is 0 Å². The minimum atomic E-state index is -0.758. The van der Waals surface area contributed by atoms with E-state index in [-0.39, 0.29) is 6.42 Å². The van der Waals surface area contributed by atoms with Gasteiger partial charge in [-0.3, -0.25) is 4.79 Å². The highest BCUT2D eigenvalue weighted by atomic mass is 32.2. The van der Waals surface area contributed by atoms with Crippen molar-refractivity contribution < 1.29 is 9.90 Å². The lowest BCUT2D eigenvalue weighted by atomic mass is 10.3. The molecule has 1 N–H and O–H groups in total. The van der Waals surface area contributed by atoms with Crippen LogP contribution in [-0.2, 0) is 11.8 Å². The van der Waals surface area contributed by atoms with Crippen LogP contribution in [-0.4, -0.2) is 26.4 Å². The quantitative estimate of drug-likeness (QED) is 0.826. The number of aromatic nitrogens is 2. The van der Waals surface area contributed by atoms with E-state index in [1.165, 1.54) is 0 Å². The van der Waals surface area contributed by atoms with E-state index in [1.807, 2.05) is 29.8 Å². The molecule has 0 aliphatic carbocycles. The van der Waals surface area contributed by atoms with Gasteiger partial charge >= 0.3 is 5.97 Å². The van der Waals surface area contributed by atoms with Gasteiger partial charge in [0.15, 0.2) is 0 Å². The largest absolute Gasteiger partial charge is 0.481 e. The third kappa shape index (κ3) is 2.36. The minimum absolute atomic E-state index is 0.185. The number of aryl methyl sites for hydroxylation is 1. The van der Waals surface area contributed by atoms with Crippen LogP contribution >= 0.6 is 11.8 Å². The Kier molecular flexibility index (Phi) is 3.14. The van der Waals surface area contributed by atoms with E-state index in [0.29, 0.717) is 5.75 Å². The number of benzene rings is 1. The van der Waals surface area contributed by atoms with Crippen molar-refractivity contribution in [3.8, 4) is 0 Å². The van der Waals surface area contributed by atoms with Gasteiger partial charge in [-0.05, 0) is 18.2 Å². The normalized spacial score (nSPS) is 10.8. The molecular formula is C11H12N2O2S. The molecule has 0 amide bonds. The maximum atomic E-state index is 10.4. The van der Waals surface area contributed by atoms with Gasteiger partial charge in [-0.1, -0.05) is 0 Å². The average Bonchev–Trinajstić information content (AvgIpc) is 2.60. The van der Waals surface area contributed by atoms with Crippen LogP contribution in [0, 0.1) is 0 Å². The maximum absolute atomic E-state index is 10.4. The molecule has 0 fully saturated rings. The van der Waals surface area contributed by atoms with Gasteiger partial charge in [0.25, 0.3) is 0 Å². The number of carboxylic acid groups (broad SMARTS) is 1. The minimum Gasteiger partial charge on any atom is -0.481 e. The maximum Gasteiger partial charge on any atom is 0.304 e. The Morgan fingerprint density at radius 3 is 3.12 bits per heavy atom. The van der Waals surface area contributed by atoms with E-state index in [4.69, 9.17) is 5.11 Å². The van der Waals surface area contributed by atoms with Crippen molar-refractivity contribution in [1.82, 2.24) is 9.55 Å². The molecule has 2 rings (SSSR count). The third-order valence-electron chi connectivity index (χ3n) is 2.28. The highest BCUT2D eigenvalue weighted by Gasteiger charge is 2.02. The zero-order valence-corrected chi connectivity index (χ0v) is 9.70. The van der Waals surface area contributed by atoms with E-state index in [1.54, 1.807) is 18.1 Å². The number of aliphatic carboxylic acids is 1. The Labute approximate surface area is 97.3 Å². The number of carboxylic acids is 1. The zero-order valence-electron chi connectivity index (χ0n) is 8.88. The molecule has 0 bridgehead atoms. The summed E-state index contributed by atoms with van der Waals surface area (Å²) in [5.74, 6) is -0.167. The molecule has 0 saturated heterocycles. The van der Waals surface area contributed by atoms with Gasteiger partial charge in [-0.15, -0.1) is 11.8 Å². The second-order valence-corrected chi connectivity index (χ2v) is 4.67. The Morgan fingerprint density at radius 1 is 1.56 bits per heavy atom. The predicted molar refractivity (Wildman–Crippen MR) is 63.7 cm³/mol. The molecule has 0 spiro atoms. The summed E-state index contributed by atoms with van der Waals surface area (Å²) < 4.78 is 1.96. The van der Waals surface area contributed by atoms with Gasteiger partial charge in [0.05, 0.1) is 23.8 Å². The Morgan fingerprint density at radius 2 is 2.38 bits per heavy atom. The average molecular weight is 236 g/mol. The fourth-order valence-electron chi connectivity index (χ4n) is 1.46. The monoisotopic (exact) mass is 236 g/mol. The number of rotatable bonds is 4. The van der Waals surface area contributed by atoms with Crippen LogP contribution in [0.1, 0.15) is 6.42 Å². The van der Waals surface area contributed by atoms with Crippen LogP contribution < -0.4 is 0 Å². The van der Waals surface area contributed by atoms with Crippen LogP contribution in [0.3, 0.4) is 0 Å². The highest BCUT2D eigenvalue weighted by molar-refractivity contribution is 7.99. The van der Waals surface area contributed by atoms with Gasteiger partial charge in [0, 0.05) is 17.7 Å². The lowest BCUT2D eigenvalue weighted by molar-refractivity contribution is -0.136. The molecule has 1 heterocycles. The summed E-state index contributed by atoms with van der Waals surface area (Å²) in [5, 5.41) is 8.54. The first kappa shape index (κ1) is 11.0. The molecule has 0 saturated carbocycles. The Bertz CT molecular complexity index is 522. The molecule has 0 aliphatic heterocycles. The van der Waals surface area contributed by atoms with E-state index in [0.717, 1.165) is 15.9 Å². The summed E-state index contributed by atoms with van der Waals surface area (Å²) in [6.07, 6.45) is 1.96. The van der Waals surface area contributed by atoms with Crippen molar-refractivity contribution in [2.45, 2.75) is 11.3 Å². The molecule has 0 radical (unpaired) electrons. The molecule has 5 heteroatoms. The first-order valence-corrected chi connectivity index (χ1v) is 5.91. The van der Waals surface area contributed by atoms with Crippen molar-refractivity contribution in [3.05, 3.63) is 24.5 Å². The summed E-state index contributed by atoms with van der Waals surface area (Å²) >= 11 is 1.54. The highest BCUT2D eigenvalue weighted by Crippen LogP contribution is 2.23. The summed E-state index contributed by atoms with van der Waals surface area (Å²) in [6, 6.07) is 5.99. The van der Waals surface area contributed by atoms with Crippen molar-refractivity contribution in [1.29, 1.82) is 0 Å². The van der Waals surface area contributed by atoms with Gasteiger partial charge in [0.1, 0.15) is 0 Å². The number of hydrogen-bond acceptors (Lipinski definition) is 3. The Balaban J connectivity index is 2.11. The summed E-state index contributed by atoms with van der Waals surface area (Å²) in [7, 11) is 1.95. The topological polar surface area (TPSA) is 55.1 Å². The predicted octanol–water partition coefficient (Wildman–Crippen LogP) is 2.14. The number of thioether (sulfide) groups is 1. The van der Waals surface area contributed by atoms with Crippen molar-refractivity contribution in [2.24, 2.45) is 7.05 Å². The molecule has 1 aromatic heterocycles. The van der Waals surface area contributed by atoms with E-state index >= 15 is 0 Å². The molecule has 0 aliphatic rings. The number of nitrogens with zero attached hydrogens (tertiary/aromatic N) is 2. The molecule has 4 nitrogen and oxygen atoms in total. The van der Waals surface area contributed by atoms with Crippen LogP contribution in [0.15, 0.2) is 29.4 Å². The van der Waals surface area contributed by atoms with Crippen molar-refractivity contribution in [2.75, 3.05) is 5.75 Å². The molecule has 2 aromatic rings. The standard InChI is InChI=1S/C11H12N2O2S/c1-13-7-12-9-6-8(2-3-10(9)13)16-5-4-11(14)15/h2-3,6-7H,4-5H2,1H3,(H,14,15). The van der Waals surface area contributed by atoms with Crippen LogP contribution in [0.4, 0.5) is 0 Å². The number of carbonyl (C=O) groups is 1. The molecule has 1 aromatic carbocycles. The molecular weight excluding hydrogens is 224 g/mol. The van der Waals surface area contributed by atoms with E-state index < -0.39 is 5.97 Å². The number of hydrogen-bond donors (Lipinski definition) is 1. The van der Waals surface area contributed by atoms with Crippen molar-refractivity contribution in [3.63, 3.8) is 0 Å². The number of fused-ring (bicyclic) bond motifs is 1. The smallest absolute Gasteiger partial charge is 0.304 e. The summed E-state index contributed by atoms with van der Waals surface area (Å²) in [6.45, 7) is 0. The molecule has 16 heavy (non-hydrogen) atoms. The molecule has 0 atom stereocenters. The lowest BCUT2D eigenvalue weighted by Crippen LogP contribution is -1.95. The zero-order chi connectivity index (χ0) is 11.5. The second-order valence-electron chi connectivity index (χ2n) is 3.50. The first-order valence-electron chi connectivity index (χ1n) is 4.92. The van der Waals surface area contributed by atoms with Crippen molar-refractivity contribution >= 4 is 28.8 Å². The summed E-state index contributed by atoms with van der Waals surface area (Å²) in [4.78, 5) is 15.7. The second kappa shape index (κ2) is 4.57. The van der Waals surface area contributed by atoms with Gasteiger partial charge in [-0.2, -0.15) is 0 Å². The first-order chi connectivity index (χ1) is 7.66. The van der Waals surface area contributed by atoms with Gasteiger partial charge in [-0.25, -0.2) is 4.98 Å². The fraction of sp³-hybridized carbons (Fsp3) is 0.273. The lowest BCUT2D eigenvalue weighted by Gasteiger charge is -2.00. The fourth-order valence-corrected chi connectivity index (χ4v) is 2.33. The van der Waals surface area contributed by atoms with E-state index in [2.05, 4.69) is 4.98 Å². The van der Waals surface area contributed by atoms with Gasteiger partial charge < -0.3 is 9.67 Å². The van der Waals surface area contributed by atoms with Gasteiger partial charge in [0.2, 0.25) is 0 Å². The summed E-state index contributed by atoms with van der Waals surface area (Å²) in [5.41, 5.74) is 2.03.